The monoisotopic (exact) mass is 270 g/mol. The van der Waals surface area contributed by atoms with Gasteiger partial charge in [0.25, 0.3) is 0 Å². The minimum Gasteiger partial charge on any atom is -0.340 e. The quantitative estimate of drug-likeness (QED) is 0.926. The maximum atomic E-state index is 12.3. The molecule has 0 atom stereocenters. The number of hydrogen-bond acceptors (Lipinski definition) is 2. The molecule has 0 saturated carbocycles. The largest absolute Gasteiger partial charge is 0.340 e. The fourth-order valence-corrected chi connectivity index (χ4v) is 2.27. The summed E-state index contributed by atoms with van der Waals surface area (Å²) >= 11 is 0. The lowest BCUT2D eigenvalue weighted by molar-refractivity contribution is -0.136. The van der Waals surface area contributed by atoms with Gasteiger partial charge in [-0.05, 0) is 43.3 Å². The number of hydrogen-bond donors (Lipinski definition) is 1. The molecule has 0 unspecified atom stereocenters. The molecular formula is C17H22N2O. The predicted molar refractivity (Wildman–Crippen MR) is 83.6 cm³/mol. The van der Waals surface area contributed by atoms with Crippen molar-refractivity contribution in [2.45, 2.75) is 25.9 Å². The average molecular weight is 270 g/mol. The second-order valence-electron chi connectivity index (χ2n) is 5.72. The topological polar surface area (TPSA) is 32.3 Å². The van der Waals surface area contributed by atoms with Crippen molar-refractivity contribution in [2.75, 3.05) is 14.1 Å². The molecule has 20 heavy (non-hydrogen) atoms. The van der Waals surface area contributed by atoms with E-state index in [0.29, 0.717) is 6.54 Å². The zero-order valence-corrected chi connectivity index (χ0v) is 12.6. The molecule has 0 saturated heterocycles. The smallest absolute Gasteiger partial charge is 0.242 e. The van der Waals surface area contributed by atoms with Gasteiger partial charge in [0.15, 0.2) is 0 Å². The van der Waals surface area contributed by atoms with Gasteiger partial charge in [0.2, 0.25) is 5.91 Å². The Kier molecular flexibility index (Phi) is 4.09. The molecule has 0 aliphatic heterocycles. The molecule has 0 aromatic heterocycles. The Morgan fingerprint density at radius 3 is 2.45 bits per heavy atom. The van der Waals surface area contributed by atoms with Crippen LogP contribution in [0.4, 0.5) is 0 Å². The van der Waals surface area contributed by atoms with Gasteiger partial charge in [0.05, 0.1) is 5.54 Å². The fraction of sp³-hybridized carbons (Fsp3) is 0.353. The van der Waals surface area contributed by atoms with Crippen molar-refractivity contribution in [3.63, 3.8) is 0 Å². The molecule has 0 aliphatic rings. The van der Waals surface area contributed by atoms with E-state index < -0.39 is 5.54 Å². The Labute approximate surface area is 120 Å². The van der Waals surface area contributed by atoms with Crippen molar-refractivity contribution in [3.8, 4) is 0 Å². The van der Waals surface area contributed by atoms with E-state index in [0.717, 1.165) is 5.56 Å². The molecular weight excluding hydrogens is 248 g/mol. The number of benzene rings is 2. The standard InChI is InChI=1S/C17H22N2O/c1-17(2,18-3)16(20)19(4)12-13-9-10-14-7-5-6-8-15(14)11-13/h5-11,18H,12H2,1-4H3. The van der Waals surface area contributed by atoms with Gasteiger partial charge in [-0.25, -0.2) is 0 Å². The molecule has 0 radical (unpaired) electrons. The lowest BCUT2D eigenvalue weighted by Gasteiger charge is -2.29. The maximum absolute atomic E-state index is 12.3. The van der Waals surface area contributed by atoms with Crippen molar-refractivity contribution in [1.29, 1.82) is 0 Å². The molecule has 0 heterocycles. The summed E-state index contributed by atoms with van der Waals surface area (Å²) in [5.41, 5.74) is 0.609. The number of amides is 1. The van der Waals surface area contributed by atoms with Crippen molar-refractivity contribution in [2.24, 2.45) is 0 Å². The molecule has 2 rings (SSSR count). The van der Waals surface area contributed by atoms with E-state index in [1.165, 1.54) is 10.8 Å². The van der Waals surface area contributed by atoms with Crippen molar-refractivity contribution < 1.29 is 4.79 Å². The molecule has 0 aliphatic carbocycles. The van der Waals surface area contributed by atoms with Gasteiger partial charge in [0.1, 0.15) is 0 Å². The van der Waals surface area contributed by atoms with E-state index in [4.69, 9.17) is 0 Å². The molecule has 3 nitrogen and oxygen atoms in total. The van der Waals surface area contributed by atoms with Gasteiger partial charge >= 0.3 is 0 Å². The number of fused-ring (bicyclic) bond motifs is 1. The van der Waals surface area contributed by atoms with Crippen molar-refractivity contribution in [3.05, 3.63) is 48.0 Å². The number of rotatable bonds is 4. The first kappa shape index (κ1) is 14.5. The maximum Gasteiger partial charge on any atom is 0.242 e. The van der Waals surface area contributed by atoms with Crippen LogP contribution in [0.3, 0.4) is 0 Å². The normalized spacial score (nSPS) is 11.6. The van der Waals surface area contributed by atoms with Crippen LogP contribution < -0.4 is 5.32 Å². The van der Waals surface area contributed by atoms with Gasteiger partial charge < -0.3 is 10.2 Å². The highest BCUT2D eigenvalue weighted by molar-refractivity contribution is 5.86. The van der Waals surface area contributed by atoms with E-state index in [-0.39, 0.29) is 5.91 Å². The van der Waals surface area contributed by atoms with Crippen LogP contribution in [0.5, 0.6) is 0 Å². The third-order valence-electron chi connectivity index (χ3n) is 3.74. The third kappa shape index (κ3) is 2.99. The van der Waals surface area contributed by atoms with Gasteiger partial charge in [-0.2, -0.15) is 0 Å². The van der Waals surface area contributed by atoms with Crippen LogP contribution in [-0.4, -0.2) is 30.4 Å². The van der Waals surface area contributed by atoms with Crippen LogP contribution in [0.15, 0.2) is 42.5 Å². The summed E-state index contributed by atoms with van der Waals surface area (Å²) in [5, 5.41) is 5.48. The van der Waals surface area contributed by atoms with Gasteiger partial charge in [-0.15, -0.1) is 0 Å². The Hall–Kier alpha value is -1.87. The summed E-state index contributed by atoms with van der Waals surface area (Å²) in [7, 11) is 3.65. The highest BCUT2D eigenvalue weighted by atomic mass is 16.2. The van der Waals surface area contributed by atoms with Crippen LogP contribution in [0.2, 0.25) is 0 Å². The summed E-state index contributed by atoms with van der Waals surface area (Å²) in [5.74, 6) is 0.0909. The average Bonchev–Trinajstić information content (AvgIpc) is 2.46. The van der Waals surface area contributed by atoms with Gasteiger partial charge in [0, 0.05) is 13.6 Å². The van der Waals surface area contributed by atoms with Crippen molar-refractivity contribution in [1.82, 2.24) is 10.2 Å². The molecule has 2 aromatic carbocycles. The summed E-state index contributed by atoms with van der Waals surface area (Å²) in [6, 6.07) is 14.6. The second kappa shape index (κ2) is 5.63. The second-order valence-corrected chi connectivity index (χ2v) is 5.72. The molecule has 0 bridgehead atoms. The summed E-state index contributed by atoms with van der Waals surface area (Å²) in [4.78, 5) is 14.1. The van der Waals surface area contributed by atoms with Crippen molar-refractivity contribution >= 4 is 16.7 Å². The van der Waals surface area contributed by atoms with Crippen LogP contribution >= 0.6 is 0 Å². The number of likely N-dealkylation sites (N-methyl/N-ethyl adjacent to an activating group) is 2. The lowest BCUT2D eigenvalue weighted by Crippen LogP contribution is -2.51. The Morgan fingerprint density at radius 2 is 1.80 bits per heavy atom. The highest BCUT2D eigenvalue weighted by Gasteiger charge is 2.28. The van der Waals surface area contributed by atoms with E-state index in [1.807, 2.05) is 40.1 Å². The SMILES string of the molecule is CNC(C)(C)C(=O)N(C)Cc1ccc2ccccc2c1. The van der Waals surface area contributed by atoms with E-state index in [1.54, 1.807) is 4.90 Å². The number of carbonyl (C=O) groups is 1. The predicted octanol–water partition coefficient (Wildman–Crippen LogP) is 2.80. The molecule has 3 heteroatoms. The van der Waals surface area contributed by atoms with E-state index >= 15 is 0 Å². The summed E-state index contributed by atoms with van der Waals surface area (Å²) < 4.78 is 0. The van der Waals surface area contributed by atoms with Gasteiger partial charge in [-0.3, -0.25) is 4.79 Å². The highest BCUT2D eigenvalue weighted by Crippen LogP contribution is 2.17. The minimum absolute atomic E-state index is 0.0909. The molecule has 106 valence electrons. The molecule has 0 spiro atoms. The van der Waals surface area contributed by atoms with Crippen LogP contribution in [0.25, 0.3) is 10.8 Å². The Morgan fingerprint density at radius 1 is 1.15 bits per heavy atom. The third-order valence-corrected chi connectivity index (χ3v) is 3.74. The van der Waals surface area contributed by atoms with E-state index in [9.17, 15) is 4.79 Å². The zero-order chi connectivity index (χ0) is 14.8. The van der Waals surface area contributed by atoms with E-state index in [2.05, 4.69) is 35.6 Å². The zero-order valence-electron chi connectivity index (χ0n) is 12.6. The summed E-state index contributed by atoms with van der Waals surface area (Å²) in [6.07, 6.45) is 0. The lowest BCUT2D eigenvalue weighted by atomic mass is 10.0. The Bertz CT molecular complexity index is 619. The number of nitrogens with one attached hydrogen (secondary N) is 1. The number of carbonyl (C=O) groups excluding carboxylic acids is 1. The molecule has 0 fully saturated rings. The van der Waals surface area contributed by atoms with Crippen LogP contribution in [-0.2, 0) is 11.3 Å². The molecule has 2 aromatic rings. The first-order valence-electron chi connectivity index (χ1n) is 6.86. The first-order valence-corrected chi connectivity index (χ1v) is 6.86. The first-order chi connectivity index (χ1) is 9.44. The van der Waals surface area contributed by atoms with Crippen LogP contribution in [0.1, 0.15) is 19.4 Å². The van der Waals surface area contributed by atoms with Crippen LogP contribution in [0, 0.1) is 0 Å². The number of nitrogens with zero attached hydrogens (tertiary/aromatic N) is 1. The van der Waals surface area contributed by atoms with Gasteiger partial charge in [-0.1, -0.05) is 36.4 Å². The molecule has 1 amide bonds. The minimum atomic E-state index is -0.536. The fourth-order valence-electron chi connectivity index (χ4n) is 2.27. The Balaban J connectivity index is 2.17. The summed E-state index contributed by atoms with van der Waals surface area (Å²) in [6.45, 7) is 4.41. The molecule has 1 N–H and O–H groups in total.